The van der Waals surface area contributed by atoms with Crippen molar-refractivity contribution in [2.75, 3.05) is 0 Å². The van der Waals surface area contributed by atoms with E-state index in [4.69, 9.17) is 10.2 Å². The third kappa shape index (κ3) is 9.14. The number of hydrogen-bond donors (Lipinski definition) is 2. The maximum absolute atomic E-state index is 9.96. The molecule has 0 saturated carbocycles. The van der Waals surface area contributed by atoms with Crippen LogP contribution in [-0.4, -0.2) is 22.7 Å². The lowest BCUT2D eigenvalue weighted by molar-refractivity contribution is -0.0754. The van der Waals surface area contributed by atoms with Gasteiger partial charge >= 0.3 is 6.16 Å². The summed E-state index contributed by atoms with van der Waals surface area (Å²) in [5.41, 5.74) is 0. The molecule has 1 atom stereocenters. The summed E-state index contributed by atoms with van der Waals surface area (Å²) in [7, 11) is 0. The Labute approximate surface area is 78.5 Å². The van der Waals surface area contributed by atoms with Gasteiger partial charge in [0.1, 0.15) is 0 Å². The van der Waals surface area contributed by atoms with E-state index in [0.29, 0.717) is 6.42 Å². The summed E-state index contributed by atoms with van der Waals surface area (Å²) in [5.74, 6) is 0. The van der Waals surface area contributed by atoms with Crippen molar-refractivity contribution in [2.45, 2.75) is 51.7 Å². The van der Waals surface area contributed by atoms with E-state index in [9.17, 15) is 4.79 Å². The van der Waals surface area contributed by atoms with Gasteiger partial charge in [0.2, 0.25) is 6.29 Å². The third-order valence-corrected chi connectivity index (χ3v) is 1.79. The number of ether oxygens (including phenoxy) is 1. The van der Waals surface area contributed by atoms with Crippen LogP contribution >= 0.6 is 0 Å². The molecule has 0 fully saturated rings. The molecule has 0 bridgehead atoms. The minimum atomic E-state index is -1.42. The molecule has 0 aromatic rings. The van der Waals surface area contributed by atoms with Gasteiger partial charge in [-0.1, -0.05) is 32.6 Å². The van der Waals surface area contributed by atoms with Gasteiger partial charge in [0.05, 0.1) is 0 Å². The molecular formula is C9H18O4. The molecule has 0 aliphatic heterocycles. The first-order valence-electron chi connectivity index (χ1n) is 4.74. The Kier molecular flexibility index (Phi) is 7.39. The fourth-order valence-corrected chi connectivity index (χ4v) is 1.10. The molecule has 0 rings (SSSR count). The number of carboxylic acid groups (broad SMARTS) is 1. The monoisotopic (exact) mass is 190 g/mol. The Balaban J connectivity index is 3.17. The highest BCUT2D eigenvalue weighted by Crippen LogP contribution is 2.07. The molecule has 13 heavy (non-hydrogen) atoms. The van der Waals surface area contributed by atoms with Crippen LogP contribution in [0.5, 0.6) is 0 Å². The molecule has 0 radical (unpaired) electrons. The molecule has 0 heterocycles. The number of carbonyl (C=O) groups is 1. The van der Waals surface area contributed by atoms with Crippen molar-refractivity contribution in [2.24, 2.45) is 0 Å². The predicted octanol–water partition coefficient (Wildman–Crippen LogP) is 2.36. The van der Waals surface area contributed by atoms with E-state index < -0.39 is 12.4 Å². The zero-order valence-electron chi connectivity index (χ0n) is 8.03. The van der Waals surface area contributed by atoms with Gasteiger partial charge in [0, 0.05) is 6.42 Å². The lowest BCUT2D eigenvalue weighted by atomic mass is 10.1. The van der Waals surface area contributed by atoms with Gasteiger partial charge in [0.25, 0.3) is 0 Å². The quantitative estimate of drug-likeness (QED) is 0.367. The van der Waals surface area contributed by atoms with Crippen LogP contribution < -0.4 is 0 Å². The molecule has 0 spiro atoms. The summed E-state index contributed by atoms with van der Waals surface area (Å²) in [4.78, 5) is 9.96. The highest BCUT2D eigenvalue weighted by Gasteiger charge is 2.07. The summed E-state index contributed by atoms with van der Waals surface area (Å²) in [5, 5.41) is 17.1. The summed E-state index contributed by atoms with van der Waals surface area (Å²) in [6.45, 7) is 2.13. The topological polar surface area (TPSA) is 66.8 Å². The van der Waals surface area contributed by atoms with Crippen molar-refractivity contribution in [3.63, 3.8) is 0 Å². The second-order valence-corrected chi connectivity index (χ2v) is 3.04. The number of rotatable bonds is 7. The average Bonchev–Trinajstić information content (AvgIpc) is 2.02. The zero-order chi connectivity index (χ0) is 10.1. The molecule has 0 aromatic carbocycles. The predicted molar refractivity (Wildman–Crippen MR) is 48.5 cm³/mol. The fraction of sp³-hybridized carbons (Fsp3) is 0.889. The number of hydrogen-bond acceptors (Lipinski definition) is 3. The van der Waals surface area contributed by atoms with E-state index >= 15 is 0 Å². The summed E-state index contributed by atoms with van der Waals surface area (Å²) < 4.78 is 4.13. The highest BCUT2D eigenvalue weighted by atomic mass is 16.7. The largest absolute Gasteiger partial charge is 0.508 e. The molecule has 4 nitrogen and oxygen atoms in total. The Morgan fingerprint density at radius 2 is 1.92 bits per heavy atom. The Morgan fingerprint density at radius 3 is 2.46 bits per heavy atom. The minimum absolute atomic E-state index is 0.399. The Morgan fingerprint density at radius 1 is 1.31 bits per heavy atom. The van der Waals surface area contributed by atoms with Gasteiger partial charge in [-0.3, -0.25) is 0 Å². The molecular weight excluding hydrogens is 172 g/mol. The average molecular weight is 190 g/mol. The van der Waals surface area contributed by atoms with E-state index in [1.165, 1.54) is 12.8 Å². The van der Waals surface area contributed by atoms with Crippen LogP contribution in [0.2, 0.25) is 0 Å². The number of aliphatic hydroxyl groups excluding tert-OH is 1. The molecule has 1 unspecified atom stereocenters. The lowest BCUT2D eigenvalue weighted by Crippen LogP contribution is -2.15. The Hall–Kier alpha value is -0.770. The van der Waals surface area contributed by atoms with Crippen molar-refractivity contribution in [3.05, 3.63) is 0 Å². The SMILES string of the molecule is CCCCCCCC(O)OC(=O)O. The van der Waals surface area contributed by atoms with Crippen LogP contribution in [0.25, 0.3) is 0 Å². The van der Waals surface area contributed by atoms with Crippen molar-refractivity contribution in [1.29, 1.82) is 0 Å². The second-order valence-electron chi connectivity index (χ2n) is 3.04. The second kappa shape index (κ2) is 7.86. The smallest absolute Gasteiger partial charge is 0.450 e. The number of aliphatic hydroxyl groups is 1. The van der Waals surface area contributed by atoms with Gasteiger partial charge in [-0.2, -0.15) is 0 Å². The summed E-state index contributed by atoms with van der Waals surface area (Å²) in [6, 6.07) is 0. The molecule has 0 amide bonds. The van der Waals surface area contributed by atoms with Crippen molar-refractivity contribution < 1.29 is 19.7 Å². The maximum atomic E-state index is 9.96. The van der Waals surface area contributed by atoms with Gasteiger partial charge in [-0.25, -0.2) is 4.79 Å². The van der Waals surface area contributed by atoms with E-state index in [1.54, 1.807) is 0 Å². The molecule has 78 valence electrons. The fourth-order valence-electron chi connectivity index (χ4n) is 1.10. The van der Waals surface area contributed by atoms with Gasteiger partial charge in [-0.15, -0.1) is 0 Å². The van der Waals surface area contributed by atoms with E-state index in [-0.39, 0.29) is 0 Å². The van der Waals surface area contributed by atoms with E-state index in [1.807, 2.05) is 0 Å². The lowest BCUT2D eigenvalue weighted by Gasteiger charge is -2.08. The normalized spacial score (nSPS) is 12.5. The van der Waals surface area contributed by atoms with Crippen LogP contribution in [0, 0.1) is 0 Å². The minimum Gasteiger partial charge on any atom is -0.450 e. The van der Waals surface area contributed by atoms with Crippen molar-refractivity contribution in [1.82, 2.24) is 0 Å². The molecule has 0 saturated heterocycles. The van der Waals surface area contributed by atoms with Gasteiger partial charge < -0.3 is 14.9 Å². The van der Waals surface area contributed by atoms with E-state index in [2.05, 4.69) is 11.7 Å². The van der Waals surface area contributed by atoms with Gasteiger partial charge in [0.15, 0.2) is 0 Å². The van der Waals surface area contributed by atoms with Crippen LogP contribution in [0.4, 0.5) is 4.79 Å². The zero-order valence-corrected chi connectivity index (χ0v) is 8.03. The highest BCUT2D eigenvalue weighted by molar-refractivity contribution is 5.56. The van der Waals surface area contributed by atoms with Crippen molar-refractivity contribution in [3.8, 4) is 0 Å². The molecule has 2 N–H and O–H groups in total. The number of unbranched alkanes of at least 4 members (excludes halogenated alkanes) is 4. The van der Waals surface area contributed by atoms with Gasteiger partial charge in [-0.05, 0) is 6.42 Å². The van der Waals surface area contributed by atoms with Crippen LogP contribution in [-0.2, 0) is 4.74 Å². The van der Waals surface area contributed by atoms with Crippen LogP contribution in [0.15, 0.2) is 0 Å². The molecule has 0 aliphatic carbocycles. The first-order chi connectivity index (χ1) is 6.16. The molecule has 0 aliphatic rings. The first kappa shape index (κ1) is 12.2. The Bertz CT molecular complexity index is 136. The van der Waals surface area contributed by atoms with Crippen LogP contribution in [0.1, 0.15) is 45.4 Å². The molecule has 4 heteroatoms. The summed E-state index contributed by atoms with van der Waals surface area (Å²) >= 11 is 0. The standard InChI is InChI=1S/C9H18O4/c1-2-3-4-5-6-7-8(10)13-9(11)12/h8,10H,2-7H2,1H3,(H,11,12). The molecule has 0 aromatic heterocycles. The van der Waals surface area contributed by atoms with Crippen LogP contribution in [0.3, 0.4) is 0 Å². The third-order valence-electron chi connectivity index (χ3n) is 1.79. The van der Waals surface area contributed by atoms with E-state index in [0.717, 1.165) is 19.3 Å². The summed E-state index contributed by atoms with van der Waals surface area (Å²) in [6.07, 6.45) is 3.17. The maximum Gasteiger partial charge on any atom is 0.508 e. The first-order valence-corrected chi connectivity index (χ1v) is 4.74. The van der Waals surface area contributed by atoms with Crippen molar-refractivity contribution >= 4 is 6.16 Å².